The van der Waals surface area contributed by atoms with Gasteiger partial charge in [-0.2, -0.15) is 13.5 Å². The minimum atomic E-state index is -3.55. The zero-order valence-electron chi connectivity index (χ0n) is 8.93. The van der Waals surface area contributed by atoms with Gasteiger partial charge in [-0.3, -0.25) is 5.43 Å². The van der Waals surface area contributed by atoms with E-state index in [0.717, 1.165) is 5.71 Å². The lowest BCUT2D eigenvalue weighted by Gasteiger charge is -2.00. The van der Waals surface area contributed by atoms with Crippen LogP contribution in [0.1, 0.15) is 19.4 Å². The third-order valence-electron chi connectivity index (χ3n) is 2.02. The van der Waals surface area contributed by atoms with E-state index < -0.39 is 10.0 Å². The van der Waals surface area contributed by atoms with Gasteiger partial charge in [-0.15, -0.1) is 4.40 Å². The Labute approximate surface area is 94.0 Å². The second kappa shape index (κ2) is 3.71. The average molecular weight is 237 g/mol. The van der Waals surface area contributed by atoms with E-state index in [0.29, 0.717) is 5.56 Å². The maximum Gasteiger partial charge on any atom is 0.285 e. The molecule has 0 aromatic heterocycles. The molecular formula is C10H11N3O2S. The lowest BCUT2D eigenvalue weighted by Crippen LogP contribution is -2.18. The van der Waals surface area contributed by atoms with Crippen molar-refractivity contribution in [3.63, 3.8) is 0 Å². The van der Waals surface area contributed by atoms with Crippen LogP contribution in [0.3, 0.4) is 0 Å². The number of fused-ring (bicyclic) bond motifs is 1. The Morgan fingerprint density at radius 2 is 2.00 bits per heavy atom. The van der Waals surface area contributed by atoms with E-state index in [1.165, 1.54) is 6.07 Å². The van der Waals surface area contributed by atoms with Crippen LogP contribution in [0.2, 0.25) is 0 Å². The van der Waals surface area contributed by atoms with Gasteiger partial charge in [0.05, 0.1) is 0 Å². The third-order valence-corrected chi connectivity index (χ3v) is 3.35. The van der Waals surface area contributed by atoms with E-state index in [2.05, 4.69) is 14.9 Å². The van der Waals surface area contributed by atoms with Gasteiger partial charge in [0.1, 0.15) is 4.90 Å². The smallest absolute Gasteiger partial charge is 0.260 e. The number of nitrogens with zero attached hydrogens (tertiary/aromatic N) is 2. The van der Waals surface area contributed by atoms with Crippen molar-refractivity contribution in [1.82, 2.24) is 5.43 Å². The molecule has 1 aliphatic heterocycles. The zero-order valence-corrected chi connectivity index (χ0v) is 9.75. The summed E-state index contributed by atoms with van der Waals surface area (Å²) in [5, 5.41) is 3.94. The van der Waals surface area contributed by atoms with Crippen LogP contribution in [0.5, 0.6) is 0 Å². The maximum atomic E-state index is 11.6. The van der Waals surface area contributed by atoms with E-state index in [9.17, 15) is 8.42 Å². The van der Waals surface area contributed by atoms with Gasteiger partial charge in [0.2, 0.25) is 0 Å². The number of hydrazone groups is 1. The van der Waals surface area contributed by atoms with E-state index in [1.54, 1.807) is 18.2 Å². The van der Waals surface area contributed by atoms with Crippen molar-refractivity contribution in [3.8, 4) is 0 Å². The van der Waals surface area contributed by atoms with Crippen LogP contribution < -0.4 is 5.43 Å². The van der Waals surface area contributed by atoms with Crippen molar-refractivity contribution < 1.29 is 8.42 Å². The first-order valence-corrected chi connectivity index (χ1v) is 6.16. The van der Waals surface area contributed by atoms with Crippen molar-refractivity contribution in [2.75, 3.05) is 0 Å². The fourth-order valence-electron chi connectivity index (χ4n) is 1.35. The normalized spacial score (nSPS) is 16.2. The fourth-order valence-corrected chi connectivity index (χ4v) is 2.52. The van der Waals surface area contributed by atoms with Gasteiger partial charge in [-0.05, 0) is 26.0 Å². The van der Waals surface area contributed by atoms with Crippen molar-refractivity contribution in [3.05, 3.63) is 29.8 Å². The molecule has 0 bridgehead atoms. The number of benzene rings is 1. The molecule has 16 heavy (non-hydrogen) atoms. The molecule has 1 N–H and O–H groups in total. The number of rotatable bonds is 1. The molecule has 1 aliphatic rings. The van der Waals surface area contributed by atoms with Crippen molar-refractivity contribution >= 4 is 21.6 Å². The quantitative estimate of drug-likeness (QED) is 0.587. The predicted molar refractivity (Wildman–Crippen MR) is 62.1 cm³/mol. The molecule has 5 nitrogen and oxygen atoms in total. The minimum Gasteiger partial charge on any atom is -0.260 e. The number of sulfonamides is 1. The molecule has 84 valence electrons. The summed E-state index contributed by atoms with van der Waals surface area (Å²) >= 11 is 0. The van der Waals surface area contributed by atoms with Gasteiger partial charge in [-0.1, -0.05) is 12.1 Å². The minimum absolute atomic E-state index is 0.224. The van der Waals surface area contributed by atoms with Crippen LogP contribution in [-0.2, 0) is 10.0 Å². The van der Waals surface area contributed by atoms with Crippen LogP contribution in [0.15, 0.2) is 38.7 Å². The summed E-state index contributed by atoms with van der Waals surface area (Å²) < 4.78 is 26.9. The van der Waals surface area contributed by atoms with Gasteiger partial charge in [0, 0.05) is 11.3 Å². The largest absolute Gasteiger partial charge is 0.285 e. The first kappa shape index (κ1) is 10.8. The molecule has 6 heteroatoms. The molecule has 1 heterocycles. The molecule has 0 radical (unpaired) electrons. The van der Waals surface area contributed by atoms with Crippen molar-refractivity contribution in [2.45, 2.75) is 18.7 Å². The molecule has 0 fully saturated rings. The lowest BCUT2D eigenvalue weighted by atomic mass is 10.2. The maximum absolute atomic E-state index is 11.6. The highest BCUT2D eigenvalue weighted by atomic mass is 32.2. The summed E-state index contributed by atoms with van der Waals surface area (Å²) in [6.45, 7) is 3.62. The van der Waals surface area contributed by atoms with E-state index >= 15 is 0 Å². The predicted octanol–water partition coefficient (Wildman–Crippen LogP) is 1.12. The summed E-state index contributed by atoms with van der Waals surface area (Å²) in [6.07, 6.45) is 0. The number of hydrogen-bond acceptors (Lipinski definition) is 4. The molecule has 0 unspecified atom stereocenters. The monoisotopic (exact) mass is 237 g/mol. The molecule has 0 spiro atoms. The van der Waals surface area contributed by atoms with E-state index in [-0.39, 0.29) is 10.7 Å². The van der Waals surface area contributed by atoms with Gasteiger partial charge in [0.15, 0.2) is 5.84 Å². The standard InChI is InChI=1S/C10H11N3O2S/c1-7(2)11-12-10-8-5-3-4-6-9(8)16(14,15)13-10/h3-6H,1-2H3,(H,12,13). The van der Waals surface area contributed by atoms with E-state index in [1.807, 2.05) is 13.8 Å². The first-order valence-electron chi connectivity index (χ1n) is 4.72. The first-order chi connectivity index (χ1) is 7.50. The second-order valence-corrected chi connectivity index (χ2v) is 5.15. The highest BCUT2D eigenvalue weighted by Crippen LogP contribution is 2.24. The van der Waals surface area contributed by atoms with Crippen molar-refractivity contribution in [2.24, 2.45) is 9.50 Å². The summed E-state index contributed by atoms with van der Waals surface area (Å²) in [5.41, 5.74) is 4.01. The van der Waals surface area contributed by atoms with Crippen LogP contribution in [0.4, 0.5) is 0 Å². The molecule has 0 atom stereocenters. The average Bonchev–Trinajstić information content (AvgIpc) is 2.49. The summed E-state index contributed by atoms with van der Waals surface area (Å²) in [7, 11) is -3.55. The Bertz CT molecular complexity index is 584. The van der Waals surface area contributed by atoms with Gasteiger partial charge < -0.3 is 0 Å². The number of hydrogen-bond donors (Lipinski definition) is 1. The molecule has 0 amide bonds. The van der Waals surface area contributed by atoms with Gasteiger partial charge >= 0.3 is 0 Å². The number of amidine groups is 1. The lowest BCUT2D eigenvalue weighted by molar-refractivity contribution is 0.599. The zero-order chi connectivity index (χ0) is 11.8. The summed E-state index contributed by atoms with van der Waals surface area (Å²) in [6, 6.07) is 6.67. The Balaban J connectivity index is 2.47. The molecule has 0 saturated carbocycles. The van der Waals surface area contributed by atoms with Crippen LogP contribution >= 0.6 is 0 Å². The molecular weight excluding hydrogens is 226 g/mol. The fraction of sp³-hybridized carbons (Fsp3) is 0.200. The van der Waals surface area contributed by atoms with Crippen molar-refractivity contribution in [1.29, 1.82) is 0 Å². The van der Waals surface area contributed by atoms with Gasteiger partial charge in [0.25, 0.3) is 10.0 Å². The molecule has 0 aliphatic carbocycles. The SMILES string of the molecule is CC(C)=NNC1=NS(=O)(=O)c2ccccc21. The van der Waals surface area contributed by atoms with Crippen LogP contribution in [0.25, 0.3) is 0 Å². The summed E-state index contributed by atoms with van der Waals surface area (Å²) in [5.74, 6) is 0.275. The molecule has 2 rings (SSSR count). The number of nitrogens with one attached hydrogen (secondary N) is 1. The third kappa shape index (κ3) is 1.83. The second-order valence-electron chi connectivity index (χ2n) is 3.58. The topological polar surface area (TPSA) is 70.9 Å². The Morgan fingerprint density at radius 3 is 2.69 bits per heavy atom. The Morgan fingerprint density at radius 1 is 1.31 bits per heavy atom. The highest BCUT2D eigenvalue weighted by Gasteiger charge is 2.28. The Kier molecular flexibility index (Phi) is 2.51. The highest BCUT2D eigenvalue weighted by molar-refractivity contribution is 7.90. The van der Waals surface area contributed by atoms with Crippen LogP contribution in [-0.4, -0.2) is 20.0 Å². The van der Waals surface area contributed by atoms with E-state index in [4.69, 9.17) is 0 Å². The molecule has 1 aromatic rings. The Hall–Kier alpha value is -1.69. The molecule has 1 aromatic carbocycles. The van der Waals surface area contributed by atoms with Crippen LogP contribution in [0, 0.1) is 0 Å². The van der Waals surface area contributed by atoms with Gasteiger partial charge in [-0.25, -0.2) is 0 Å². The summed E-state index contributed by atoms with van der Waals surface area (Å²) in [4.78, 5) is 0.224. The molecule has 0 saturated heterocycles.